The van der Waals surface area contributed by atoms with E-state index in [1.54, 1.807) is 11.8 Å². The lowest BCUT2D eigenvalue weighted by molar-refractivity contribution is -0.124. The van der Waals surface area contributed by atoms with Crippen molar-refractivity contribution in [1.29, 1.82) is 0 Å². The molecule has 1 amide bonds. The summed E-state index contributed by atoms with van der Waals surface area (Å²) in [5, 5.41) is 6.18. The maximum Gasteiger partial charge on any atom is 0.238 e. The maximum atomic E-state index is 11.7. The number of carbonyl (C=O) groups excluding carboxylic acids is 1. The van der Waals surface area contributed by atoms with Crippen LogP contribution in [0.15, 0.2) is 0 Å². The second-order valence-corrected chi connectivity index (χ2v) is 4.72. The van der Waals surface area contributed by atoms with Gasteiger partial charge in [-0.3, -0.25) is 10.1 Å². The van der Waals surface area contributed by atoms with Gasteiger partial charge in [0.1, 0.15) is 0 Å². The second kappa shape index (κ2) is 5.00. The molecule has 80 valence electrons. The highest BCUT2D eigenvalue weighted by Gasteiger charge is 2.25. The van der Waals surface area contributed by atoms with Crippen LogP contribution in [0.5, 0.6) is 0 Å². The smallest absolute Gasteiger partial charge is 0.238 e. The quantitative estimate of drug-likeness (QED) is 0.679. The summed E-state index contributed by atoms with van der Waals surface area (Å²) in [5.74, 6) is 1.91. The van der Waals surface area contributed by atoms with Crippen LogP contribution >= 0.6 is 11.8 Å². The lowest BCUT2D eigenvalue weighted by Crippen LogP contribution is -2.48. The average molecular weight is 216 g/mol. The van der Waals surface area contributed by atoms with E-state index >= 15 is 0 Å². The van der Waals surface area contributed by atoms with Gasteiger partial charge in [0.25, 0.3) is 0 Å². The van der Waals surface area contributed by atoms with Crippen LogP contribution < -0.4 is 10.6 Å². The zero-order chi connectivity index (χ0) is 9.80. The van der Waals surface area contributed by atoms with Crippen molar-refractivity contribution in [1.82, 2.24) is 10.6 Å². The molecule has 2 rings (SSSR count). The molecule has 2 aliphatic rings. The topological polar surface area (TPSA) is 50.4 Å². The van der Waals surface area contributed by atoms with E-state index in [-0.39, 0.29) is 18.0 Å². The number of rotatable bonds is 2. The van der Waals surface area contributed by atoms with Gasteiger partial charge in [-0.2, -0.15) is 0 Å². The minimum absolute atomic E-state index is 0.00178. The molecule has 2 aliphatic heterocycles. The number of carbonyl (C=O) groups is 1. The van der Waals surface area contributed by atoms with Crippen LogP contribution in [0.2, 0.25) is 0 Å². The third-order valence-electron chi connectivity index (χ3n) is 2.54. The largest absolute Gasteiger partial charge is 0.379 e. The molecule has 0 aromatic carbocycles. The van der Waals surface area contributed by atoms with Gasteiger partial charge in [0.2, 0.25) is 5.91 Å². The molecule has 0 aromatic rings. The Labute approximate surface area is 88.1 Å². The van der Waals surface area contributed by atoms with Crippen molar-refractivity contribution < 1.29 is 9.53 Å². The summed E-state index contributed by atoms with van der Waals surface area (Å²) in [6.45, 7) is 1.51. The van der Waals surface area contributed by atoms with E-state index in [0.29, 0.717) is 6.61 Å². The molecule has 14 heavy (non-hydrogen) atoms. The molecule has 2 fully saturated rings. The highest BCUT2D eigenvalue weighted by Crippen LogP contribution is 2.11. The van der Waals surface area contributed by atoms with Crippen LogP contribution in [0.25, 0.3) is 0 Å². The van der Waals surface area contributed by atoms with Gasteiger partial charge in [0.05, 0.1) is 18.7 Å². The first kappa shape index (κ1) is 10.3. The first-order chi connectivity index (χ1) is 6.86. The maximum absolute atomic E-state index is 11.7. The Balaban J connectivity index is 1.75. The number of hydrogen-bond acceptors (Lipinski definition) is 4. The van der Waals surface area contributed by atoms with E-state index in [2.05, 4.69) is 10.6 Å². The van der Waals surface area contributed by atoms with Gasteiger partial charge in [-0.15, -0.1) is 11.8 Å². The van der Waals surface area contributed by atoms with Gasteiger partial charge in [0.15, 0.2) is 0 Å². The SMILES string of the molecule is O=C(NC1CCCOC1)C1CSCN1. The highest BCUT2D eigenvalue weighted by atomic mass is 32.2. The molecular formula is C9H16N2O2S. The first-order valence-corrected chi connectivity index (χ1v) is 6.21. The summed E-state index contributed by atoms with van der Waals surface area (Å²) in [6.07, 6.45) is 2.10. The third kappa shape index (κ3) is 2.62. The Kier molecular flexibility index (Phi) is 3.67. The van der Waals surface area contributed by atoms with Crippen LogP contribution in [0.4, 0.5) is 0 Å². The van der Waals surface area contributed by atoms with Gasteiger partial charge in [-0.25, -0.2) is 0 Å². The van der Waals surface area contributed by atoms with Crippen LogP contribution in [0.1, 0.15) is 12.8 Å². The molecule has 0 bridgehead atoms. The monoisotopic (exact) mass is 216 g/mol. The molecule has 4 nitrogen and oxygen atoms in total. The molecule has 0 aliphatic carbocycles. The molecule has 0 aromatic heterocycles. The van der Waals surface area contributed by atoms with E-state index in [4.69, 9.17) is 4.74 Å². The average Bonchev–Trinajstić information content (AvgIpc) is 2.72. The standard InChI is InChI=1S/C9H16N2O2S/c12-9(8-5-14-6-10-8)11-7-2-1-3-13-4-7/h7-8,10H,1-6H2,(H,11,12). The fourth-order valence-corrected chi connectivity index (χ4v) is 2.66. The lowest BCUT2D eigenvalue weighted by atomic mass is 10.1. The van der Waals surface area contributed by atoms with Gasteiger partial charge < -0.3 is 10.1 Å². The number of nitrogens with one attached hydrogen (secondary N) is 2. The van der Waals surface area contributed by atoms with Crippen molar-refractivity contribution in [3.05, 3.63) is 0 Å². The molecule has 0 radical (unpaired) electrons. The summed E-state index contributed by atoms with van der Waals surface area (Å²) in [4.78, 5) is 11.7. The van der Waals surface area contributed by atoms with Crippen molar-refractivity contribution in [3.63, 3.8) is 0 Å². The van der Waals surface area contributed by atoms with Gasteiger partial charge in [0, 0.05) is 18.2 Å². The molecule has 0 saturated carbocycles. The van der Waals surface area contributed by atoms with Crippen LogP contribution in [0, 0.1) is 0 Å². The summed E-state index contributed by atoms with van der Waals surface area (Å²) >= 11 is 1.77. The molecule has 2 saturated heterocycles. The minimum Gasteiger partial charge on any atom is -0.379 e. The number of thioether (sulfide) groups is 1. The number of ether oxygens (including phenoxy) is 1. The summed E-state index contributed by atoms with van der Waals surface area (Å²) in [5.41, 5.74) is 0. The van der Waals surface area contributed by atoms with Crippen molar-refractivity contribution in [2.45, 2.75) is 24.9 Å². The van der Waals surface area contributed by atoms with Crippen LogP contribution in [0.3, 0.4) is 0 Å². The third-order valence-corrected chi connectivity index (χ3v) is 3.48. The van der Waals surface area contributed by atoms with Gasteiger partial charge in [-0.05, 0) is 12.8 Å². The zero-order valence-corrected chi connectivity index (χ0v) is 8.94. The molecule has 2 heterocycles. The summed E-state index contributed by atoms with van der Waals surface area (Å²) in [7, 11) is 0. The highest BCUT2D eigenvalue weighted by molar-refractivity contribution is 7.99. The van der Waals surface area contributed by atoms with Crippen molar-refractivity contribution in [3.8, 4) is 0 Å². The van der Waals surface area contributed by atoms with E-state index in [1.165, 1.54) is 0 Å². The molecule has 0 spiro atoms. The van der Waals surface area contributed by atoms with Crippen LogP contribution in [-0.2, 0) is 9.53 Å². The normalized spacial score (nSPS) is 32.9. The Morgan fingerprint density at radius 2 is 2.50 bits per heavy atom. The molecular weight excluding hydrogens is 200 g/mol. The predicted molar refractivity (Wildman–Crippen MR) is 56.2 cm³/mol. The summed E-state index contributed by atoms with van der Waals surface area (Å²) < 4.78 is 5.31. The Bertz CT molecular complexity index is 201. The summed E-state index contributed by atoms with van der Waals surface area (Å²) in [6, 6.07) is 0.227. The van der Waals surface area contributed by atoms with E-state index < -0.39 is 0 Å². The number of hydrogen-bond donors (Lipinski definition) is 2. The molecule has 5 heteroatoms. The van der Waals surface area contributed by atoms with E-state index in [9.17, 15) is 4.79 Å². The molecule has 2 atom stereocenters. The van der Waals surface area contributed by atoms with E-state index in [0.717, 1.165) is 31.1 Å². The van der Waals surface area contributed by atoms with Crippen molar-refractivity contribution in [2.24, 2.45) is 0 Å². The number of amides is 1. The fraction of sp³-hybridized carbons (Fsp3) is 0.889. The van der Waals surface area contributed by atoms with Gasteiger partial charge >= 0.3 is 0 Å². The molecule has 2 unspecified atom stereocenters. The predicted octanol–water partition coefficient (Wildman–Crippen LogP) is -0.0559. The first-order valence-electron chi connectivity index (χ1n) is 5.05. The molecule has 2 N–H and O–H groups in total. The minimum atomic E-state index is 0.00178. The van der Waals surface area contributed by atoms with Crippen molar-refractivity contribution >= 4 is 17.7 Å². The lowest BCUT2D eigenvalue weighted by Gasteiger charge is -2.24. The van der Waals surface area contributed by atoms with Crippen molar-refractivity contribution in [2.75, 3.05) is 24.8 Å². The van der Waals surface area contributed by atoms with Gasteiger partial charge in [-0.1, -0.05) is 0 Å². The Morgan fingerprint density at radius 3 is 3.14 bits per heavy atom. The van der Waals surface area contributed by atoms with Crippen LogP contribution in [-0.4, -0.2) is 42.8 Å². The zero-order valence-electron chi connectivity index (χ0n) is 8.12. The fourth-order valence-electron chi connectivity index (χ4n) is 1.72. The Morgan fingerprint density at radius 1 is 1.57 bits per heavy atom. The van der Waals surface area contributed by atoms with E-state index in [1.807, 2.05) is 0 Å². The second-order valence-electron chi connectivity index (χ2n) is 3.69. The Hall–Kier alpha value is -0.260.